The standard InChI is InChI=1S/C21H26FN9O2/c1-11(23)17(12-4-3-5-12)29-20-15(22)9-14(18(24)32)19(30-20)28-13-8-16(21(33-2)25-10-13)31-26-6-7-27-31/h6-12,17H,3-5,23H2,1-2H3,(H2,24,32)(H2,28,29,30)/t11-,17-/m0/s1. The number of nitrogens with zero attached hydrogens (tertiary/aromatic N) is 5. The van der Waals surface area contributed by atoms with E-state index in [9.17, 15) is 9.18 Å². The van der Waals surface area contributed by atoms with Crippen molar-refractivity contribution in [1.29, 1.82) is 0 Å². The zero-order chi connectivity index (χ0) is 23.5. The highest BCUT2D eigenvalue weighted by molar-refractivity contribution is 5.98. The molecule has 0 unspecified atom stereocenters. The summed E-state index contributed by atoms with van der Waals surface area (Å²) in [6, 6.07) is 2.37. The molecule has 33 heavy (non-hydrogen) atoms. The Labute approximate surface area is 189 Å². The average molecular weight is 455 g/mol. The monoisotopic (exact) mass is 455 g/mol. The molecule has 1 aliphatic carbocycles. The van der Waals surface area contributed by atoms with Crippen molar-refractivity contribution < 1.29 is 13.9 Å². The van der Waals surface area contributed by atoms with Crippen molar-refractivity contribution in [1.82, 2.24) is 25.0 Å². The van der Waals surface area contributed by atoms with Crippen molar-refractivity contribution in [3.8, 4) is 11.6 Å². The first-order valence-corrected chi connectivity index (χ1v) is 10.6. The molecule has 1 saturated carbocycles. The Balaban J connectivity index is 1.69. The minimum Gasteiger partial charge on any atom is -0.479 e. The summed E-state index contributed by atoms with van der Waals surface area (Å²) in [6.45, 7) is 1.87. The van der Waals surface area contributed by atoms with Crippen LogP contribution < -0.4 is 26.8 Å². The van der Waals surface area contributed by atoms with E-state index in [4.69, 9.17) is 16.2 Å². The third-order valence-corrected chi connectivity index (χ3v) is 5.69. The van der Waals surface area contributed by atoms with Gasteiger partial charge in [-0.25, -0.2) is 14.4 Å². The van der Waals surface area contributed by atoms with Crippen LogP contribution in [0.4, 0.5) is 21.7 Å². The normalized spacial score (nSPS) is 15.4. The van der Waals surface area contributed by atoms with E-state index in [1.807, 2.05) is 6.92 Å². The summed E-state index contributed by atoms with van der Waals surface area (Å²) in [4.78, 5) is 21.9. The van der Waals surface area contributed by atoms with E-state index in [1.165, 1.54) is 30.5 Å². The van der Waals surface area contributed by atoms with Crippen molar-refractivity contribution in [3.63, 3.8) is 0 Å². The number of pyridine rings is 2. The lowest BCUT2D eigenvalue weighted by atomic mass is 9.77. The number of ether oxygens (including phenoxy) is 1. The van der Waals surface area contributed by atoms with Gasteiger partial charge in [-0.05, 0) is 37.8 Å². The van der Waals surface area contributed by atoms with E-state index in [-0.39, 0.29) is 29.3 Å². The summed E-state index contributed by atoms with van der Waals surface area (Å²) in [5.74, 6) is -0.806. The second-order valence-corrected chi connectivity index (χ2v) is 8.00. The molecule has 6 N–H and O–H groups in total. The van der Waals surface area contributed by atoms with Gasteiger partial charge in [0, 0.05) is 12.1 Å². The van der Waals surface area contributed by atoms with E-state index < -0.39 is 11.7 Å². The Hall–Kier alpha value is -3.80. The van der Waals surface area contributed by atoms with E-state index in [2.05, 4.69) is 30.8 Å². The molecule has 0 saturated heterocycles. The van der Waals surface area contributed by atoms with Crippen LogP contribution in [0, 0.1) is 11.7 Å². The smallest absolute Gasteiger partial charge is 0.252 e. The van der Waals surface area contributed by atoms with Crippen molar-refractivity contribution >= 4 is 23.2 Å². The van der Waals surface area contributed by atoms with Gasteiger partial charge in [-0.2, -0.15) is 10.2 Å². The minimum atomic E-state index is -0.825. The van der Waals surface area contributed by atoms with Crippen LogP contribution >= 0.6 is 0 Å². The van der Waals surface area contributed by atoms with E-state index in [1.54, 1.807) is 6.07 Å². The van der Waals surface area contributed by atoms with Gasteiger partial charge in [-0.3, -0.25) is 4.79 Å². The molecule has 3 aromatic rings. The number of halogens is 1. The third-order valence-electron chi connectivity index (χ3n) is 5.69. The zero-order valence-corrected chi connectivity index (χ0v) is 18.3. The molecule has 0 spiro atoms. The maximum absolute atomic E-state index is 14.8. The fraction of sp³-hybridized carbons (Fsp3) is 0.381. The predicted octanol–water partition coefficient (Wildman–Crippen LogP) is 1.98. The second kappa shape index (κ2) is 9.36. The topological polar surface area (TPSA) is 159 Å². The Bertz CT molecular complexity index is 1130. The third kappa shape index (κ3) is 4.70. The summed E-state index contributed by atoms with van der Waals surface area (Å²) < 4.78 is 20.1. The zero-order valence-electron chi connectivity index (χ0n) is 18.3. The van der Waals surface area contributed by atoms with Crippen LogP contribution in [0.5, 0.6) is 5.88 Å². The molecule has 1 amide bonds. The fourth-order valence-electron chi connectivity index (χ4n) is 3.79. The minimum absolute atomic E-state index is 0.00728. The van der Waals surface area contributed by atoms with Gasteiger partial charge >= 0.3 is 0 Å². The first-order chi connectivity index (χ1) is 15.9. The van der Waals surface area contributed by atoms with Gasteiger partial charge in [-0.15, -0.1) is 4.80 Å². The highest BCUT2D eigenvalue weighted by Gasteiger charge is 2.31. The van der Waals surface area contributed by atoms with Crippen LogP contribution in [0.25, 0.3) is 5.69 Å². The molecule has 12 heteroatoms. The maximum Gasteiger partial charge on any atom is 0.252 e. The summed E-state index contributed by atoms with van der Waals surface area (Å²) in [5.41, 5.74) is 12.4. The number of nitrogens with two attached hydrogens (primary N) is 2. The van der Waals surface area contributed by atoms with Crippen molar-refractivity contribution in [2.45, 2.75) is 38.3 Å². The number of methoxy groups -OCH3 is 1. The number of aromatic nitrogens is 5. The molecule has 11 nitrogen and oxygen atoms in total. The van der Waals surface area contributed by atoms with Gasteiger partial charge in [0.2, 0.25) is 5.88 Å². The molecule has 4 rings (SSSR count). The van der Waals surface area contributed by atoms with Gasteiger partial charge in [0.05, 0.1) is 37.0 Å². The molecule has 1 aliphatic rings. The van der Waals surface area contributed by atoms with Gasteiger partial charge in [-0.1, -0.05) is 6.42 Å². The van der Waals surface area contributed by atoms with Crippen LogP contribution in [0.15, 0.2) is 30.7 Å². The highest BCUT2D eigenvalue weighted by Crippen LogP contribution is 2.33. The molecule has 1 fully saturated rings. The van der Waals surface area contributed by atoms with Gasteiger partial charge in [0.25, 0.3) is 5.91 Å². The lowest BCUT2D eigenvalue weighted by molar-refractivity contribution is 0.100. The van der Waals surface area contributed by atoms with Crippen molar-refractivity contribution in [2.24, 2.45) is 17.4 Å². The average Bonchev–Trinajstić information content (AvgIpc) is 3.28. The summed E-state index contributed by atoms with van der Waals surface area (Å²) in [6.07, 6.45) is 7.67. The molecule has 174 valence electrons. The number of hydrogen-bond acceptors (Lipinski definition) is 9. The summed E-state index contributed by atoms with van der Waals surface area (Å²) in [5, 5.41) is 14.3. The molecule has 0 aliphatic heterocycles. The number of nitrogens with one attached hydrogen (secondary N) is 2. The van der Waals surface area contributed by atoms with E-state index in [0.29, 0.717) is 23.2 Å². The van der Waals surface area contributed by atoms with Gasteiger partial charge < -0.3 is 26.8 Å². The van der Waals surface area contributed by atoms with E-state index >= 15 is 0 Å². The Morgan fingerprint density at radius 3 is 2.58 bits per heavy atom. The maximum atomic E-state index is 14.8. The number of primary amides is 1. The molecule has 0 bridgehead atoms. The summed E-state index contributed by atoms with van der Waals surface area (Å²) >= 11 is 0. The highest BCUT2D eigenvalue weighted by atomic mass is 19.1. The Morgan fingerprint density at radius 1 is 1.27 bits per heavy atom. The van der Waals surface area contributed by atoms with Crippen LogP contribution in [0.3, 0.4) is 0 Å². The molecule has 0 radical (unpaired) electrons. The van der Waals surface area contributed by atoms with Crippen LogP contribution in [-0.4, -0.2) is 50.1 Å². The fourth-order valence-corrected chi connectivity index (χ4v) is 3.79. The number of carbonyl (C=O) groups is 1. The predicted molar refractivity (Wildman–Crippen MR) is 120 cm³/mol. The first kappa shape index (κ1) is 22.4. The summed E-state index contributed by atoms with van der Waals surface area (Å²) in [7, 11) is 1.48. The molecule has 3 aromatic heterocycles. The molecule has 0 aromatic carbocycles. The van der Waals surface area contributed by atoms with Crippen LogP contribution in [-0.2, 0) is 0 Å². The molecule has 3 heterocycles. The van der Waals surface area contributed by atoms with Crippen LogP contribution in [0.1, 0.15) is 36.5 Å². The van der Waals surface area contributed by atoms with Gasteiger partial charge in [0.1, 0.15) is 11.5 Å². The van der Waals surface area contributed by atoms with E-state index in [0.717, 1.165) is 25.3 Å². The number of carbonyl (C=O) groups excluding carboxylic acids is 1. The number of hydrogen-bond donors (Lipinski definition) is 4. The number of rotatable bonds is 9. The molecular formula is C21H26FN9O2. The quantitative estimate of drug-likeness (QED) is 0.378. The van der Waals surface area contributed by atoms with Crippen molar-refractivity contribution in [2.75, 3.05) is 17.7 Å². The lowest BCUT2D eigenvalue weighted by Gasteiger charge is -2.37. The Kier molecular flexibility index (Phi) is 6.36. The lowest BCUT2D eigenvalue weighted by Crippen LogP contribution is -2.46. The second-order valence-electron chi connectivity index (χ2n) is 8.00. The largest absolute Gasteiger partial charge is 0.479 e. The first-order valence-electron chi connectivity index (χ1n) is 10.6. The SMILES string of the molecule is COc1ncc(Nc2nc(N[C@H](C3CCC3)[C@H](C)N)c(F)cc2C(N)=O)cc1-n1nccn1. The Morgan fingerprint density at radius 2 is 2.00 bits per heavy atom. The molecular weight excluding hydrogens is 429 g/mol. The number of amides is 1. The molecule has 2 atom stereocenters. The van der Waals surface area contributed by atoms with Crippen LogP contribution in [0.2, 0.25) is 0 Å². The number of anilines is 3. The van der Waals surface area contributed by atoms with Crippen molar-refractivity contribution in [3.05, 3.63) is 42.1 Å². The van der Waals surface area contributed by atoms with Gasteiger partial charge in [0.15, 0.2) is 11.6 Å².